The highest BCUT2D eigenvalue weighted by Crippen LogP contribution is 2.40. The molecule has 3 amide bonds. The lowest BCUT2D eigenvalue weighted by molar-refractivity contribution is 0.0963. The minimum Gasteiger partial charge on any atom is -0.327 e. The second kappa shape index (κ2) is 7.08. The van der Waals surface area contributed by atoms with Gasteiger partial charge in [-0.25, -0.2) is 4.79 Å². The third kappa shape index (κ3) is 3.01. The molecule has 1 atom stereocenters. The quantitative estimate of drug-likeness (QED) is 0.891. The van der Waals surface area contributed by atoms with E-state index in [-0.39, 0.29) is 17.2 Å². The molecule has 5 nitrogen and oxygen atoms in total. The van der Waals surface area contributed by atoms with E-state index in [0.29, 0.717) is 0 Å². The summed E-state index contributed by atoms with van der Waals surface area (Å²) in [5.74, 6) is -0.619. The van der Waals surface area contributed by atoms with Gasteiger partial charge in [-0.1, -0.05) is 49.1 Å². The molecular weight excluding hydrogens is 326 g/mol. The van der Waals surface area contributed by atoms with Crippen LogP contribution in [0.4, 0.5) is 4.79 Å². The van der Waals surface area contributed by atoms with Gasteiger partial charge in [0.25, 0.3) is 5.91 Å². The number of allylic oxidation sites excluding steroid dienone is 1. The van der Waals surface area contributed by atoms with Crippen LogP contribution in [-0.4, -0.2) is 11.9 Å². The standard InChI is InChI=1S/C21H17N3O2/c1-3-15-13(2)16-9-6-7-11-18(16)19(15)23-21(26)24-20(25)17-10-5-4-8-14(17)12-22/h3-11,19H,1H2,2H3,(H2,23,24,25,26). The number of carbonyl (C=O) groups excluding carboxylic acids is 2. The Labute approximate surface area is 151 Å². The molecule has 0 bridgehead atoms. The first-order valence-electron chi connectivity index (χ1n) is 8.10. The number of rotatable bonds is 3. The summed E-state index contributed by atoms with van der Waals surface area (Å²) in [7, 11) is 0. The molecule has 0 radical (unpaired) electrons. The summed E-state index contributed by atoms with van der Waals surface area (Å²) in [6.07, 6.45) is 1.72. The average molecular weight is 343 g/mol. The van der Waals surface area contributed by atoms with Crippen LogP contribution >= 0.6 is 0 Å². The Balaban J connectivity index is 1.79. The van der Waals surface area contributed by atoms with Gasteiger partial charge in [0.15, 0.2) is 0 Å². The smallest absolute Gasteiger partial charge is 0.322 e. The third-order valence-corrected chi connectivity index (χ3v) is 4.43. The van der Waals surface area contributed by atoms with Crippen molar-refractivity contribution < 1.29 is 9.59 Å². The van der Waals surface area contributed by atoms with Gasteiger partial charge in [0.05, 0.1) is 23.2 Å². The molecule has 0 saturated carbocycles. The number of nitriles is 1. The molecule has 26 heavy (non-hydrogen) atoms. The summed E-state index contributed by atoms with van der Waals surface area (Å²) in [5.41, 5.74) is 4.32. The molecular formula is C21H17N3O2. The number of fused-ring (bicyclic) bond motifs is 1. The zero-order valence-electron chi connectivity index (χ0n) is 14.2. The second-order valence-electron chi connectivity index (χ2n) is 5.89. The Morgan fingerprint density at radius 2 is 1.85 bits per heavy atom. The predicted molar refractivity (Wildman–Crippen MR) is 99.1 cm³/mol. The van der Waals surface area contributed by atoms with E-state index in [9.17, 15) is 9.59 Å². The van der Waals surface area contributed by atoms with Gasteiger partial charge in [0.2, 0.25) is 0 Å². The highest BCUT2D eigenvalue weighted by Gasteiger charge is 2.29. The van der Waals surface area contributed by atoms with Crippen molar-refractivity contribution >= 4 is 17.5 Å². The van der Waals surface area contributed by atoms with Crippen LogP contribution in [0.1, 0.15) is 40.0 Å². The van der Waals surface area contributed by atoms with Gasteiger partial charge in [-0.2, -0.15) is 5.26 Å². The molecule has 2 N–H and O–H groups in total. The lowest BCUT2D eigenvalue weighted by Crippen LogP contribution is -2.41. The molecule has 128 valence electrons. The number of nitrogens with one attached hydrogen (secondary N) is 2. The van der Waals surface area contributed by atoms with Crippen molar-refractivity contribution in [2.45, 2.75) is 13.0 Å². The van der Waals surface area contributed by atoms with Crippen LogP contribution in [0.2, 0.25) is 0 Å². The molecule has 1 unspecified atom stereocenters. The average Bonchev–Trinajstić information content (AvgIpc) is 2.93. The molecule has 0 aromatic heterocycles. The number of benzene rings is 2. The van der Waals surface area contributed by atoms with Gasteiger partial charge in [-0.3, -0.25) is 10.1 Å². The maximum atomic E-state index is 12.4. The molecule has 2 aromatic carbocycles. The van der Waals surface area contributed by atoms with Crippen LogP contribution in [0.25, 0.3) is 5.57 Å². The predicted octanol–water partition coefficient (Wildman–Crippen LogP) is 3.71. The normalized spacial score (nSPS) is 15.0. The molecule has 3 rings (SSSR count). The van der Waals surface area contributed by atoms with Gasteiger partial charge in [-0.05, 0) is 41.3 Å². The first-order valence-corrected chi connectivity index (χ1v) is 8.10. The molecule has 0 fully saturated rings. The fourth-order valence-corrected chi connectivity index (χ4v) is 3.17. The molecule has 5 heteroatoms. The number of amides is 3. The van der Waals surface area contributed by atoms with Crippen LogP contribution in [0.5, 0.6) is 0 Å². The minimum atomic E-state index is -0.628. The Morgan fingerprint density at radius 3 is 2.58 bits per heavy atom. The van der Waals surface area contributed by atoms with Crippen molar-refractivity contribution in [1.29, 1.82) is 5.26 Å². The van der Waals surface area contributed by atoms with Crippen molar-refractivity contribution in [3.63, 3.8) is 0 Å². The highest BCUT2D eigenvalue weighted by molar-refractivity contribution is 6.05. The maximum absolute atomic E-state index is 12.4. The zero-order valence-corrected chi connectivity index (χ0v) is 14.2. The fraction of sp³-hybridized carbons (Fsp3) is 0.0952. The molecule has 0 saturated heterocycles. The summed E-state index contributed by atoms with van der Waals surface area (Å²) in [6, 6.07) is 15.0. The van der Waals surface area contributed by atoms with E-state index in [2.05, 4.69) is 17.2 Å². The molecule has 0 spiro atoms. The van der Waals surface area contributed by atoms with Gasteiger partial charge in [0, 0.05) is 0 Å². The first kappa shape index (κ1) is 17.2. The van der Waals surface area contributed by atoms with E-state index >= 15 is 0 Å². The lowest BCUT2D eigenvalue weighted by atomic mass is 10.0. The van der Waals surface area contributed by atoms with Crippen molar-refractivity contribution in [1.82, 2.24) is 10.6 Å². The van der Waals surface area contributed by atoms with Crippen LogP contribution in [0, 0.1) is 11.3 Å². The summed E-state index contributed by atoms with van der Waals surface area (Å²) in [5, 5.41) is 14.2. The van der Waals surface area contributed by atoms with E-state index in [1.54, 1.807) is 18.2 Å². The topological polar surface area (TPSA) is 82.0 Å². The lowest BCUT2D eigenvalue weighted by Gasteiger charge is -2.17. The fourth-order valence-electron chi connectivity index (χ4n) is 3.17. The monoisotopic (exact) mass is 343 g/mol. The zero-order chi connectivity index (χ0) is 18.7. The Bertz CT molecular complexity index is 983. The van der Waals surface area contributed by atoms with Gasteiger partial charge < -0.3 is 5.32 Å². The van der Waals surface area contributed by atoms with E-state index < -0.39 is 11.9 Å². The van der Waals surface area contributed by atoms with E-state index in [1.807, 2.05) is 37.3 Å². The number of hydrogen-bond donors (Lipinski definition) is 2. The number of carbonyl (C=O) groups is 2. The minimum absolute atomic E-state index is 0.160. The molecule has 2 aromatic rings. The Morgan fingerprint density at radius 1 is 1.15 bits per heavy atom. The summed E-state index contributed by atoms with van der Waals surface area (Å²) < 4.78 is 0. The van der Waals surface area contributed by atoms with Gasteiger partial charge >= 0.3 is 6.03 Å². The third-order valence-electron chi connectivity index (χ3n) is 4.43. The van der Waals surface area contributed by atoms with Gasteiger partial charge in [-0.15, -0.1) is 0 Å². The molecule has 0 aliphatic heterocycles. The molecule has 1 aliphatic carbocycles. The maximum Gasteiger partial charge on any atom is 0.322 e. The number of urea groups is 1. The summed E-state index contributed by atoms with van der Waals surface area (Å²) in [4.78, 5) is 24.7. The van der Waals surface area contributed by atoms with Crippen LogP contribution in [0.15, 0.2) is 66.8 Å². The molecule has 0 heterocycles. The van der Waals surface area contributed by atoms with Crippen LogP contribution in [-0.2, 0) is 0 Å². The van der Waals surface area contributed by atoms with Crippen molar-refractivity contribution in [2.24, 2.45) is 0 Å². The van der Waals surface area contributed by atoms with Gasteiger partial charge in [0.1, 0.15) is 0 Å². The number of nitrogens with zero attached hydrogens (tertiary/aromatic N) is 1. The van der Waals surface area contributed by atoms with Crippen molar-refractivity contribution in [3.8, 4) is 6.07 Å². The second-order valence-corrected chi connectivity index (χ2v) is 5.89. The Kier molecular flexibility index (Phi) is 4.68. The van der Waals surface area contributed by atoms with E-state index in [1.165, 1.54) is 12.1 Å². The number of imide groups is 1. The number of hydrogen-bond acceptors (Lipinski definition) is 3. The van der Waals surface area contributed by atoms with Crippen molar-refractivity contribution in [3.05, 3.63) is 89.0 Å². The van der Waals surface area contributed by atoms with Crippen LogP contribution in [0.3, 0.4) is 0 Å². The SMILES string of the molecule is C=CC1=C(C)c2ccccc2C1NC(=O)NC(=O)c1ccccc1C#N. The molecule has 1 aliphatic rings. The largest absolute Gasteiger partial charge is 0.327 e. The summed E-state index contributed by atoms with van der Waals surface area (Å²) in [6.45, 7) is 5.81. The highest BCUT2D eigenvalue weighted by atomic mass is 16.2. The van der Waals surface area contributed by atoms with Crippen molar-refractivity contribution in [2.75, 3.05) is 0 Å². The van der Waals surface area contributed by atoms with E-state index in [4.69, 9.17) is 5.26 Å². The van der Waals surface area contributed by atoms with Crippen LogP contribution < -0.4 is 10.6 Å². The Hall–Kier alpha value is -3.65. The summed E-state index contributed by atoms with van der Waals surface area (Å²) >= 11 is 0. The van der Waals surface area contributed by atoms with E-state index in [0.717, 1.165) is 22.3 Å². The first-order chi connectivity index (χ1) is 12.6.